The van der Waals surface area contributed by atoms with Crippen molar-refractivity contribution >= 4 is 6.09 Å². The minimum atomic E-state index is -0.326. The third kappa shape index (κ3) is 3.56. The van der Waals surface area contributed by atoms with Gasteiger partial charge in [0.1, 0.15) is 6.61 Å². The molecule has 1 amide bonds. The van der Waals surface area contributed by atoms with Crippen LogP contribution in [-0.2, 0) is 11.3 Å². The highest BCUT2D eigenvalue weighted by Crippen LogP contribution is 2.40. The van der Waals surface area contributed by atoms with Crippen molar-refractivity contribution in [3.63, 3.8) is 0 Å². The van der Waals surface area contributed by atoms with Crippen LogP contribution in [0.3, 0.4) is 0 Å². The second kappa shape index (κ2) is 6.48. The lowest BCUT2D eigenvalue weighted by Gasteiger charge is -2.42. The second-order valence-corrected chi connectivity index (χ2v) is 6.29. The largest absolute Gasteiger partial charge is 0.445 e. The minimum Gasteiger partial charge on any atom is -0.445 e. The van der Waals surface area contributed by atoms with Gasteiger partial charge in [-0.15, -0.1) is 0 Å². The lowest BCUT2D eigenvalue weighted by molar-refractivity contribution is 0.00866. The molecule has 21 heavy (non-hydrogen) atoms. The summed E-state index contributed by atoms with van der Waals surface area (Å²) in [6, 6.07) is 9.91. The predicted molar refractivity (Wildman–Crippen MR) is 79.6 cm³/mol. The van der Waals surface area contributed by atoms with Gasteiger partial charge in [-0.3, -0.25) is 0 Å². The molecule has 2 aliphatic rings. The molecule has 2 N–H and O–H groups in total. The van der Waals surface area contributed by atoms with Crippen LogP contribution in [0.1, 0.15) is 37.7 Å². The fourth-order valence-electron chi connectivity index (χ4n) is 3.70. The van der Waals surface area contributed by atoms with Crippen molar-refractivity contribution in [1.29, 1.82) is 0 Å². The highest BCUT2D eigenvalue weighted by atomic mass is 16.5. The average Bonchev–Trinajstić information content (AvgIpc) is 2.52. The number of alkyl carbamates (subject to hydrolysis) is 1. The van der Waals surface area contributed by atoms with E-state index < -0.39 is 0 Å². The van der Waals surface area contributed by atoms with Crippen molar-refractivity contribution in [1.82, 2.24) is 5.32 Å². The number of carbonyl (C=O) groups is 1. The summed E-state index contributed by atoms with van der Waals surface area (Å²) in [6.45, 7) is 0.311. The molecular formula is C17H23NO3. The molecule has 2 bridgehead atoms. The van der Waals surface area contributed by atoms with Crippen LogP contribution in [-0.4, -0.2) is 23.3 Å². The van der Waals surface area contributed by atoms with E-state index in [1.807, 2.05) is 30.3 Å². The van der Waals surface area contributed by atoms with Crippen LogP contribution in [0.4, 0.5) is 4.79 Å². The molecule has 4 atom stereocenters. The summed E-state index contributed by atoms with van der Waals surface area (Å²) in [5.74, 6) is 0.929. The van der Waals surface area contributed by atoms with Crippen molar-refractivity contribution in [2.45, 2.75) is 50.9 Å². The molecule has 4 nitrogen and oxygen atoms in total. The number of aliphatic hydroxyl groups excluding tert-OH is 1. The molecule has 2 aliphatic carbocycles. The third-order valence-corrected chi connectivity index (χ3v) is 4.92. The van der Waals surface area contributed by atoms with Crippen LogP contribution in [0.25, 0.3) is 0 Å². The molecular weight excluding hydrogens is 266 g/mol. The monoisotopic (exact) mass is 289 g/mol. The maximum Gasteiger partial charge on any atom is 0.407 e. The van der Waals surface area contributed by atoms with E-state index in [1.165, 1.54) is 0 Å². The van der Waals surface area contributed by atoms with E-state index in [-0.39, 0.29) is 18.2 Å². The van der Waals surface area contributed by atoms with Crippen molar-refractivity contribution in [2.75, 3.05) is 0 Å². The van der Waals surface area contributed by atoms with Crippen molar-refractivity contribution in [3.8, 4) is 0 Å². The molecule has 0 spiro atoms. The smallest absolute Gasteiger partial charge is 0.407 e. The molecule has 0 aliphatic heterocycles. The van der Waals surface area contributed by atoms with Gasteiger partial charge in [0, 0.05) is 6.04 Å². The Bertz CT molecular complexity index is 476. The SMILES string of the molecule is O=C(NC1CCC2C[C@H]1CCC2O)OCc1ccccc1. The van der Waals surface area contributed by atoms with Gasteiger partial charge < -0.3 is 15.2 Å². The summed E-state index contributed by atoms with van der Waals surface area (Å²) in [5, 5.41) is 12.9. The number of hydrogen-bond acceptors (Lipinski definition) is 3. The first-order valence-electron chi connectivity index (χ1n) is 7.87. The molecule has 1 aromatic carbocycles. The first kappa shape index (κ1) is 14.4. The number of benzene rings is 1. The van der Waals surface area contributed by atoms with E-state index in [2.05, 4.69) is 5.32 Å². The normalized spacial score (nSPS) is 31.5. The molecule has 4 heteroatoms. The zero-order valence-corrected chi connectivity index (χ0v) is 12.2. The number of aliphatic hydroxyl groups is 1. The summed E-state index contributed by atoms with van der Waals surface area (Å²) in [6.07, 6.45) is 4.40. The van der Waals surface area contributed by atoms with Gasteiger partial charge in [-0.2, -0.15) is 0 Å². The number of rotatable bonds is 3. The first-order chi connectivity index (χ1) is 10.2. The maximum absolute atomic E-state index is 11.9. The fourth-order valence-corrected chi connectivity index (χ4v) is 3.70. The van der Waals surface area contributed by atoms with E-state index in [9.17, 15) is 9.90 Å². The molecule has 114 valence electrons. The number of amides is 1. The number of ether oxygens (including phenoxy) is 1. The highest BCUT2D eigenvalue weighted by molar-refractivity contribution is 5.67. The van der Waals surface area contributed by atoms with Crippen molar-refractivity contribution < 1.29 is 14.6 Å². The van der Waals surface area contributed by atoms with Gasteiger partial charge in [0.05, 0.1) is 6.10 Å². The Labute approximate surface area is 125 Å². The zero-order chi connectivity index (χ0) is 14.7. The van der Waals surface area contributed by atoms with Gasteiger partial charge in [0.15, 0.2) is 0 Å². The molecule has 2 saturated carbocycles. The number of nitrogens with one attached hydrogen (secondary N) is 1. The first-order valence-corrected chi connectivity index (χ1v) is 7.87. The Morgan fingerprint density at radius 2 is 1.90 bits per heavy atom. The summed E-state index contributed by atoms with van der Waals surface area (Å²) < 4.78 is 5.29. The van der Waals surface area contributed by atoms with E-state index in [1.54, 1.807) is 0 Å². The number of fused-ring (bicyclic) bond motifs is 2. The quantitative estimate of drug-likeness (QED) is 0.899. The Morgan fingerprint density at radius 1 is 1.14 bits per heavy atom. The molecule has 1 aromatic rings. The van der Waals surface area contributed by atoms with Crippen molar-refractivity contribution in [3.05, 3.63) is 35.9 Å². The van der Waals surface area contributed by atoms with Crippen LogP contribution in [0, 0.1) is 11.8 Å². The van der Waals surface area contributed by atoms with Crippen LogP contribution in [0.15, 0.2) is 30.3 Å². The van der Waals surface area contributed by atoms with Crippen LogP contribution >= 0.6 is 0 Å². The van der Waals surface area contributed by atoms with Gasteiger partial charge in [0.25, 0.3) is 0 Å². The van der Waals surface area contributed by atoms with Gasteiger partial charge in [-0.1, -0.05) is 30.3 Å². The average molecular weight is 289 g/mol. The lowest BCUT2D eigenvalue weighted by Crippen LogP contribution is -2.48. The van der Waals surface area contributed by atoms with E-state index in [0.717, 1.165) is 37.7 Å². The Balaban J connectivity index is 1.47. The van der Waals surface area contributed by atoms with Crippen LogP contribution in [0.2, 0.25) is 0 Å². The summed E-state index contributed by atoms with van der Waals surface area (Å²) >= 11 is 0. The molecule has 2 fully saturated rings. The van der Waals surface area contributed by atoms with Gasteiger partial charge >= 0.3 is 6.09 Å². The Hall–Kier alpha value is -1.55. The van der Waals surface area contributed by atoms with E-state index in [0.29, 0.717) is 18.4 Å². The van der Waals surface area contributed by atoms with Gasteiger partial charge in [-0.05, 0) is 49.5 Å². The minimum absolute atomic E-state index is 0.132. The third-order valence-electron chi connectivity index (χ3n) is 4.92. The lowest BCUT2D eigenvalue weighted by atomic mass is 9.68. The number of carbonyl (C=O) groups excluding carboxylic acids is 1. The maximum atomic E-state index is 11.9. The fraction of sp³-hybridized carbons (Fsp3) is 0.588. The second-order valence-electron chi connectivity index (χ2n) is 6.29. The summed E-state index contributed by atoms with van der Waals surface area (Å²) in [7, 11) is 0. The molecule has 0 heterocycles. The standard InChI is InChI=1S/C17H23NO3/c19-16-9-7-13-10-14(16)6-8-15(13)18-17(20)21-11-12-4-2-1-3-5-12/h1-5,13-16,19H,6-11H2,(H,18,20)/t13-,14?,15?,16?/m1/s1. The van der Waals surface area contributed by atoms with Gasteiger partial charge in [0.2, 0.25) is 0 Å². The molecule has 0 aromatic heterocycles. The molecule has 0 saturated heterocycles. The van der Waals surface area contributed by atoms with Crippen molar-refractivity contribution in [2.24, 2.45) is 11.8 Å². The molecule has 3 unspecified atom stereocenters. The van der Waals surface area contributed by atoms with E-state index >= 15 is 0 Å². The van der Waals surface area contributed by atoms with E-state index in [4.69, 9.17) is 4.74 Å². The summed E-state index contributed by atoms with van der Waals surface area (Å²) in [5.41, 5.74) is 0.997. The topological polar surface area (TPSA) is 58.6 Å². The van der Waals surface area contributed by atoms with Gasteiger partial charge in [-0.25, -0.2) is 4.79 Å². The zero-order valence-electron chi connectivity index (χ0n) is 12.2. The van der Waals surface area contributed by atoms with Crippen LogP contribution in [0.5, 0.6) is 0 Å². The number of hydrogen-bond donors (Lipinski definition) is 2. The highest BCUT2D eigenvalue weighted by Gasteiger charge is 2.38. The Morgan fingerprint density at radius 3 is 2.71 bits per heavy atom. The summed E-state index contributed by atoms with van der Waals surface area (Å²) in [4.78, 5) is 11.9. The molecule has 3 rings (SSSR count). The Kier molecular flexibility index (Phi) is 4.44. The van der Waals surface area contributed by atoms with Crippen LogP contribution < -0.4 is 5.32 Å². The molecule has 0 radical (unpaired) electrons. The predicted octanol–water partition coefficient (Wildman–Crippen LogP) is 2.85.